The molecule has 1 aromatic carbocycles. The lowest BCUT2D eigenvalue weighted by atomic mass is 10.1. The van der Waals surface area contributed by atoms with Crippen LogP contribution in [0, 0.1) is 0 Å². The molecule has 0 bridgehead atoms. The van der Waals surface area contributed by atoms with Crippen molar-refractivity contribution in [3.63, 3.8) is 0 Å². The van der Waals surface area contributed by atoms with Gasteiger partial charge in [-0.3, -0.25) is 9.48 Å². The summed E-state index contributed by atoms with van der Waals surface area (Å²) in [5, 5.41) is 6.36. The van der Waals surface area contributed by atoms with Crippen molar-refractivity contribution in [3.05, 3.63) is 47.7 Å². The number of nitrogens with one attached hydrogen (secondary N) is 1. The number of amides is 1. The third-order valence-corrected chi connectivity index (χ3v) is 2.71. The molecule has 0 fully saturated rings. The van der Waals surface area contributed by atoms with Crippen LogP contribution in [-0.4, -0.2) is 15.7 Å². The molecular weight excluding hydrogens is 285 g/mol. The van der Waals surface area contributed by atoms with E-state index in [2.05, 4.69) is 10.4 Å². The molecule has 1 heterocycles. The fourth-order valence-corrected chi connectivity index (χ4v) is 1.73. The molecule has 112 valence electrons. The van der Waals surface area contributed by atoms with Crippen LogP contribution in [0.2, 0.25) is 0 Å². The van der Waals surface area contributed by atoms with E-state index in [0.717, 1.165) is 12.1 Å². The highest BCUT2D eigenvalue weighted by atomic mass is 19.4. The normalized spacial score (nSPS) is 11.4. The number of benzene rings is 1. The molecule has 5 nitrogen and oxygen atoms in total. The number of anilines is 1. The Morgan fingerprint density at radius 2 is 2.10 bits per heavy atom. The van der Waals surface area contributed by atoms with Crippen molar-refractivity contribution in [1.82, 2.24) is 15.1 Å². The Kier molecular flexibility index (Phi) is 4.15. The molecule has 3 N–H and O–H groups in total. The van der Waals surface area contributed by atoms with Gasteiger partial charge >= 0.3 is 6.18 Å². The number of halogens is 3. The lowest BCUT2D eigenvalue weighted by molar-refractivity contribution is -0.137. The average Bonchev–Trinajstić information content (AvgIpc) is 2.81. The summed E-state index contributed by atoms with van der Waals surface area (Å²) >= 11 is 0. The lowest BCUT2D eigenvalue weighted by Gasteiger charge is -2.09. The van der Waals surface area contributed by atoms with Gasteiger partial charge in [0.15, 0.2) is 0 Å². The first kappa shape index (κ1) is 14.9. The Balaban J connectivity index is 1.92. The standard InChI is InChI=1S/C13H13F3N4O/c14-13(15,16)10-3-1-2-9(6-10)7-18-12(21)8-20-5-4-11(17)19-20/h1-6H,7-8H2,(H2,17,19)(H,18,21). The molecule has 0 aliphatic carbocycles. The van der Waals surface area contributed by atoms with Crippen molar-refractivity contribution < 1.29 is 18.0 Å². The van der Waals surface area contributed by atoms with Crippen molar-refractivity contribution in [2.75, 3.05) is 5.73 Å². The SMILES string of the molecule is Nc1ccn(CC(=O)NCc2cccc(C(F)(F)F)c2)n1. The number of rotatable bonds is 4. The molecule has 0 saturated heterocycles. The fourth-order valence-electron chi connectivity index (χ4n) is 1.73. The molecule has 1 amide bonds. The van der Waals surface area contributed by atoms with Crippen molar-refractivity contribution >= 4 is 11.7 Å². The smallest absolute Gasteiger partial charge is 0.382 e. The van der Waals surface area contributed by atoms with Crippen molar-refractivity contribution in [2.24, 2.45) is 0 Å². The maximum Gasteiger partial charge on any atom is 0.416 e. The summed E-state index contributed by atoms with van der Waals surface area (Å²) in [6.45, 7) is -0.0321. The van der Waals surface area contributed by atoms with Gasteiger partial charge < -0.3 is 11.1 Å². The number of nitrogens with zero attached hydrogens (tertiary/aromatic N) is 2. The van der Waals surface area contributed by atoms with Crippen LogP contribution >= 0.6 is 0 Å². The van der Waals surface area contributed by atoms with Crippen molar-refractivity contribution in [2.45, 2.75) is 19.3 Å². The number of hydrogen-bond donors (Lipinski definition) is 2. The third kappa shape index (κ3) is 4.23. The predicted molar refractivity (Wildman–Crippen MR) is 69.9 cm³/mol. The van der Waals surface area contributed by atoms with E-state index < -0.39 is 11.7 Å². The van der Waals surface area contributed by atoms with E-state index in [4.69, 9.17) is 5.73 Å². The van der Waals surface area contributed by atoms with Gasteiger partial charge in [0.25, 0.3) is 0 Å². The monoisotopic (exact) mass is 298 g/mol. The van der Waals surface area contributed by atoms with E-state index in [-0.39, 0.29) is 19.0 Å². The molecule has 1 aromatic heterocycles. The second-order valence-electron chi connectivity index (χ2n) is 4.41. The van der Waals surface area contributed by atoms with E-state index in [9.17, 15) is 18.0 Å². The number of nitrogen functional groups attached to an aromatic ring is 1. The van der Waals surface area contributed by atoms with Gasteiger partial charge in [0.2, 0.25) is 5.91 Å². The van der Waals surface area contributed by atoms with Crippen LogP contribution in [0.5, 0.6) is 0 Å². The minimum atomic E-state index is -4.40. The van der Waals surface area contributed by atoms with E-state index in [1.165, 1.54) is 16.8 Å². The first-order valence-corrected chi connectivity index (χ1v) is 6.06. The largest absolute Gasteiger partial charge is 0.416 e. The Labute approximate surface area is 118 Å². The minimum Gasteiger partial charge on any atom is -0.382 e. The topological polar surface area (TPSA) is 72.9 Å². The van der Waals surface area contributed by atoms with E-state index in [1.54, 1.807) is 12.3 Å². The summed E-state index contributed by atoms with van der Waals surface area (Å²) in [7, 11) is 0. The van der Waals surface area contributed by atoms with Gasteiger partial charge in [0.1, 0.15) is 12.4 Å². The number of carbonyl (C=O) groups excluding carboxylic acids is 1. The number of nitrogens with two attached hydrogens (primary N) is 1. The second kappa shape index (κ2) is 5.86. The summed E-state index contributed by atoms with van der Waals surface area (Å²) in [6, 6.07) is 6.35. The summed E-state index contributed by atoms with van der Waals surface area (Å²) in [4.78, 5) is 11.6. The highest BCUT2D eigenvalue weighted by Gasteiger charge is 2.30. The third-order valence-electron chi connectivity index (χ3n) is 2.71. The summed E-state index contributed by atoms with van der Waals surface area (Å²) in [6.07, 6.45) is -2.86. The van der Waals surface area contributed by atoms with Gasteiger partial charge in [-0.2, -0.15) is 18.3 Å². The number of carbonyl (C=O) groups is 1. The predicted octanol–water partition coefficient (Wildman–Crippen LogP) is 1.80. The molecule has 0 radical (unpaired) electrons. The molecule has 0 aliphatic heterocycles. The summed E-state index contributed by atoms with van der Waals surface area (Å²) in [5.41, 5.74) is 5.04. The molecule has 2 aromatic rings. The Morgan fingerprint density at radius 1 is 1.33 bits per heavy atom. The van der Waals surface area contributed by atoms with Gasteiger partial charge in [-0.15, -0.1) is 0 Å². The number of alkyl halides is 3. The lowest BCUT2D eigenvalue weighted by Crippen LogP contribution is -2.27. The first-order valence-electron chi connectivity index (χ1n) is 6.06. The molecular formula is C13H13F3N4O. The molecule has 0 unspecified atom stereocenters. The number of aromatic nitrogens is 2. The zero-order valence-corrected chi connectivity index (χ0v) is 10.9. The number of hydrogen-bond acceptors (Lipinski definition) is 3. The average molecular weight is 298 g/mol. The quantitative estimate of drug-likeness (QED) is 0.904. The van der Waals surface area contributed by atoms with Crippen LogP contribution in [0.15, 0.2) is 36.5 Å². The molecule has 0 saturated carbocycles. The zero-order valence-electron chi connectivity index (χ0n) is 10.9. The highest BCUT2D eigenvalue weighted by Crippen LogP contribution is 2.29. The van der Waals surface area contributed by atoms with Crippen LogP contribution in [-0.2, 0) is 24.1 Å². The van der Waals surface area contributed by atoms with Crippen LogP contribution in [0.3, 0.4) is 0 Å². The maximum atomic E-state index is 12.5. The van der Waals surface area contributed by atoms with Crippen LogP contribution < -0.4 is 11.1 Å². The fraction of sp³-hybridized carbons (Fsp3) is 0.231. The molecule has 0 atom stereocenters. The minimum absolute atomic E-state index is 0.0134. The van der Waals surface area contributed by atoms with Gasteiger partial charge in [0, 0.05) is 12.7 Å². The molecule has 21 heavy (non-hydrogen) atoms. The maximum absolute atomic E-state index is 12.5. The Hall–Kier alpha value is -2.51. The second-order valence-corrected chi connectivity index (χ2v) is 4.41. The zero-order chi connectivity index (χ0) is 15.5. The van der Waals surface area contributed by atoms with E-state index >= 15 is 0 Å². The van der Waals surface area contributed by atoms with Crippen LogP contribution in [0.25, 0.3) is 0 Å². The van der Waals surface area contributed by atoms with Gasteiger partial charge in [0.05, 0.1) is 5.56 Å². The van der Waals surface area contributed by atoms with Crippen molar-refractivity contribution in [3.8, 4) is 0 Å². The molecule has 2 rings (SSSR count). The Morgan fingerprint density at radius 3 is 2.71 bits per heavy atom. The molecule has 0 aliphatic rings. The Bertz CT molecular complexity index is 636. The van der Waals surface area contributed by atoms with Crippen molar-refractivity contribution in [1.29, 1.82) is 0 Å². The molecule has 0 spiro atoms. The van der Waals surface area contributed by atoms with Gasteiger partial charge in [-0.25, -0.2) is 0 Å². The van der Waals surface area contributed by atoms with E-state index in [0.29, 0.717) is 11.4 Å². The summed E-state index contributed by atoms with van der Waals surface area (Å²) in [5.74, 6) is -0.0730. The van der Waals surface area contributed by atoms with Gasteiger partial charge in [-0.1, -0.05) is 12.1 Å². The highest BCUT2D eigenvalue weighted by molar-refractivity contribution is 5.75. The summed E-state index contributed by atoms with van der Waals surface area (Å²) < 4.78 is 39.0. The van der Waals surface area contributed by atoms with Crippen LogP contribution in [0.1, 0.15) is 11.1 Å². The van der Waals surface area contributed by atoms with Crippen LogP contribution in [0.4, 0.5) is 19.0 Å². The molecule has 8 heteroatoms. The first-order chi connectivity index (χ1) is 9.84. The van der Waals surface area contributed by atoms with E-state index in [1.807, 2.05) is 0 Å². The van der Waals surface area contributed by atoms with Gasteiger partial charge in [-0.05, 0) is 23.8 Å².